The van der Waals surface area contributed by atoms with E-state index in [1.165, 1.54) is 13.4 Å². The van der Waals surface area contributed by atoms with E-state index in [-0.39, 0.29) is 0 Å². The van der Waals surface area contributed by atoms with Gasteiger partial charge >= 0.3 is 0 Å². The highest BCUT2D eigenvalue weighted by Crippen LogP contribution is 2.31. The van der Waals surface area contributed by atoms with Gasteiger partial charge in [0.1, 0.15) is 6.33 Å². The highest BCUT2D eigenvalue weighted by Gasteiger charge is 2.22. The van der Waals surface area contributed by atoms with Crippen molar-refractivity contribution in [3.05, 3.63) is 6.33 Å². The van der Waals surface area contributed by atoms with Gasteiger partial charge in [0.15, 0.2) is 11.6 Å². The second-order valence-corrected chi connectivity index (χ2v) is 4.55. The first-order chi connectivity index (χ1) is 8.42. The Kier molecular flexibility index (Phi) is 4.69. The number of aromatic nitrogens is 2. The molecule has 0 atom stereocenters. The number of hydrogen-bond acceptors (Lipinski definition) is 7. The van der Waals surface area contributed by atoms with E-state index < -0.39 is 5.60 Å². The molecule has 0 spiro atoms. The molecule has 1 rings (SSSR count). The van der Waals surface area contributed by atoms with Crippen LogP contribution in [0.2, 0.25) is 0 Å². The number of methoxy groups -OCH3 is 1. The van der Waals surface area contributed by atoms with Gasteiger partial charge in [0.2, 0.25) is 5.75 Å². The van der Waals surface area contributed by atoms with Crippen LogP contribution in [0.5, 0.6) is 5.75 Å². The van der Waals surface area contributed by atoms with Crippen molar-refractivity contribution in [3.63, 3.8) is 0 Å². The summed E-state index contributed by atoms with van der Waals surface area (Å²) in [5.41, 5.74) is 1.63. The molecule has 102 valence electrons. The van der Waals surface area contributed by atoms with Gasteiger partial charge in [-0.05, 0) is 20.8 Å². The van der Waals surface area contributed by atoms with Crippen LogP contribution in [-0.2, 0) is 0 Å². The maximum atomic E-state index is 9.90. The Hall–Kier alpha value is -1.60. The first-order valence-corrected chi connectivity index (χ1v) is 5.75. The number of rotatable bonds is 6. The number of likely N-dealkylation sites (N-methyl/N-ethyl adjacent to an activating group) is 1. The quantitative estimate of drug-likeness (QED) is 0.499. The first-order valence-electron chi connectivity index (χ1n) is 5.75. The number of hydrazine groups is 1. The van der Waals surface area contributed by atoms with Gasteiger partial charge in [0.05, 0.1) is 12.7 Å². The van der Waals surface area contributed by atoms with Crippen LogP contribution in [0.1, 0.15) is 20.8 Å². The fourth-order valence-corrected chi connectivity index (χ4v) is 1.68. The van der Waals surface area contributed by atoms with Gasteiger partial charge in [-0.15, -0.1) is 0 Å². The predicted molar refractivity (Wildman–Crippen MR) is 70.6 cm³/mol. The summed E-state index contributed by atoms with van der Waals surface area (Å²) in [5.74, 6) is 6.86. The number of anilines is 2. The molecule has 0 aromatic carbocycles. The zero-order valence-electron chi connectivity index (χ0n) is 11.3. The third-order valence-corrected chi connectivity index (χ3v) is 2.38. The monoisotopic (exact) mass is 255 g/mol. The third-order valence-electron chi connectivity index (χ3n) is 2.38. The molecule has 7 heteroatoms. The largest absolute Gasteiger partial charge is 0.490 e. The molecular formula is C11H21N5O2. The lowest BCUT2D eigenvalue weighted by Crippen LogP contribution is -2.39. The number of aliphatic hydroxyl groups is 1. The highest BCUT2D eigenvalue weighted by atomic mass is 16.5. The van der Waals surface area contributed by atoms with E-state index >= 15 is 0 Å². The van der Waals surface area contributed by atoms with Crippen LogP contribution in [0.4, 0.5) is 11.6 Å². The molecule has 0 fully saturated rings. The topological polar surface area (TPSA) is 96.5 Å². The van der Waals surface area contributed by atoms with E-state index in [4.69, 9.17) is 10.6 Å². The SMILES string of the molecule is CCN(CC(C)(C)O)c1ncnc(NN)c1OC. The molecule has 0 saturated heterocycles. The normalized spacial score (nSPS) is 11.2. The van der Waals surface area contributed by atoms with Crippen molar-refractivity contribution >= 4 is 11.6 Å². The second kappa shape index (κ2) is 5.83. The van der Waals surface area contributed by atoms with E-state index in [0.717, 1.165) is 0 Å². The Balaban J connectivity index is 3.12. The molecule has 18 heavy (non-hydrogen) atoms. The average molecular weight is 255 g/mol. The van der Waals surface area contributed by atoms with Crippen molar-refractivity contribution in [1.29, 1.82) is 0 Å². The molecule has 1 aromatic heterocycles. The minimum Gasteiger partial charge on any atom is -0.490 e. The lowest BCUT2D eigenvalue weighted by molar-refractivity contribution is 0.0873. The van der Waals surface area contributed by atoms with Crippen molar-refractivity contribution in [2.75, 3.05) is 30.5 Å². The first kappa shape index (κ1) is 14.5. The van der Waals surface area contributed by atoms with Crippen LogP contribution in [-0.4, -0.2) is 40.9 Å². The standard InChI is InChI=1S/C11H21N5O2/c1-5-16(6-11(2,3)17)10-8(18-4)9(15-12)13-7-14-10/h7,17H,5-6,12H2,1-4H3,(H,13,14,15). The Morgan fingerprint density at radius 3 is 2.61 bits per heavy atom. The van der Waals surface area contributed by atoms with E-state index in [0.29, 0.717) is 30.5 Å². The van der Waals surface area contributed by atoms with Crippen molar-refractivity contribution in [3.8, 4) is 5.75 Å². The number of ether oxygens (including phenoxy) is 1. The second-order valence-electron chi connectivity index (χ2n) is 4.55. The maximum Gasteiger partial charge on any atom is 0.205 e. The van der Waals surface area contributed by atoms with E-state index in [9.17, 15) is 5.11 Å². The molecular weight excluding hydrogens is 234 g/mol. The molecule has 0 aliphatic carbocycles. The number of nitrogens with one attached hydrogen (secondary N) is 1. The fraction of sp³-hybridized carbons (Fsp3) is 0.636. The van der Waals surface area contributed by atoms with Gasteiger partial charge in [-0.1, -0.05) is 0 Å². The van der Waals surface area contributed by atoms with Crippen LogP contribution in [0.15, 0.2) is 6.33 Å². The summed E-state index contributed by atoms with van der Waals surface area (Å²) in [4.78, 5) is 10.1. The smallest absolute Gasteiger partial charge is 0.205 e. The number of nitrogens with zero attached hydrogens (tertiary/aromatic N) is 3. The van der Waals surface area contributed by atoms with Crippen molar-refractivity contribution in [2.45, 2.75) is 26.4 Å². The predicted octanol–water partition coefficient (Wildman–Crippen LogP) is 0.368. The maximum absolute atomic E-state index is 9.90. The molecule has 0 bridgehead atoms. The summed E-state index contributed by atoms with van der Waals surface area (Å²) in [5, 5.41) is 9.90. The summed E-state index contributed by atoms with van der Waals surface area (Å²) >= 11 is 0. The Labute approximate surface area is 107 Å². The van der Waals surface area contributed by atoms with Gasteiger partial charge in [-0.3, -0.25) is 0 Å². The van der Waals surface area contributed by atoms with Crippen LogP contribution in [0, 0.1) is 0 Å². The number of hydrogen-bond donors (Lipinski definition) is 3. The summed E-state index contributed by atoms with van der Waals surface area (Å²) in [7, 11) is 1.53. The molecule has 0 aliphatic rings. The highest BCUT2D eigenvalue weighted by molar-refractivity contribution is 5.64. The van der Waals surface area contributed by atoms with E-state index in [1.54, 1.807) is 13.8 Å². The number of nitrogens with two attached hydrogens (primary N) is 1. The molecule has 0 aliphatic heterocycles. The average Bonchev–Trinajstić information content (AvgIpc) is 2.33. The molecule has 7 nitrogen and oxygen atoms in total. The molecule has 0 saturated carbocycles. The zero-order valence-corrected chi connectivity index (χ0v) is 11.3. The summed E-state index contributed by atoms with van der Waals surface area (Å²) < 4.78 is 5.27. The van der Waals surface area contributed by atoms with Crippen LogP contribution in [0.3, 0.4) is 0 Å². The van der Waals surface area contributed by atoms with Crippen molar-refractivity contribution in [1.82, 2.24) is 9.97 Å². The lowest BCUT2D eigenvalue weighted by atomic mass is 10.1. The van der Waals surface area contributed by atoms with Gasteiger partial charge in [0.25, 0.3) is 0 Å². The minimum absolute atomic E-state index is 0.414. The van der Waals surface area contributed by atoms with E-state index in [1.807, 2.05) is 11.8 Å². The van der Waals surface area contributed by atoms with Crippen molar-refractivity contribution < 1.29 is 9.84 Å². The molecule has 1 heterocycles. The minimum atomic E-state index is -0.831. The van der Waals surface area contributed by atoms with Gasteiger partial charge in [0, 0.05) is 13.1 Å². The van der Waals surface area contributed by atoms with Gasteiger partial charge < -0.3 is 20.2 Å². The molecule has 4 N–H and O–H groups in total. The summed E-state index contributed by atoms with van der Waals surface area (Å²) in [6.45, 7) is 6.57. The van der Waals surface area contributed by atoms with Crippen LogP contribution in [0.25, 0.3) is 0 Å². The lowest BCUT2D eigenvalue weighted by Gasteiger charge is -2.30. The Bertz CT molecular complexity index is 392. The van der Waals surface area contributed by atoms with Crippen molar-refractivity contribution in [2.24, 2.45) is 5.84 Å². The Morgan fingerprint density at radius 2 is 2.17 bits per heavy atom. The molecule has 0 radical (unpaired) electrons. The van der Waals surface area contributed by atoms with Crippen LogP contribution >= 0.6 is 0 Å². The molecule has 0 amide bonds. The zero-order chi connectivity index (χ0) is 13.8. The summed E-state index contributed by atoms with van der Waals surface area (Å²) in [6.07, 6.45) is 1.40. The summed E-state index contributed by atoms with van der Waals surface area (Å²) in [6, 6.07) is 0. The van der Waals surface area contributed by atoms with E-state index in [2.05, 4.69) is 15.4 Å². The van der Waals surface area contributed by atoms with Gasteiger partial charge in [-0.2, -0.15) is 0 Å². The van der Waals surface area contributed by atoms with Gasteiger partial charge in [-0.25, -0.2) is 15.8 Å². The third kappa shape index (κ3) is 3.44. The molecule has 1 aromatic rings. The van der Waals surface area contributed by atoms with Crippen LogP contribution < -0.4 is 20.9 Å². The Morgan fingerprint density at radius 1 is 1.50 bits per heavy atom. The fourth-order valence-electron chi connectivity index (χ4n) is 1.68. The molecule has 0 unspecified atom stereocenters. The number of nitrogen functional groups attached to an aromatic ring is 1.